The first-order valence-corrected chi connectivity index (χ1v) is 8.45. The third kappa shape index (κ3) is 3.17. The molecule has 0 atom stereocenters. The Bertz CT molecular complexity index is 921. The second-order valence-corrected chi connectivity index (χ2v) is 6.45. The molecule has 1 aliphatic rings. The summed E-state index contributed by atoms with van der Waals surface area (Å²) in [4.78, 5) is 22.5. The van der Waals surface area contributed by atoms with Crippen LogP contribution in [0, 0.1) is 5.82 Å². The van der Waals surface area contributed by atoms with E-state index in [4.69, 9.17) is 16.1 Å². The molecule has 0 spiro atoms. The van der Waals surface area contributed by atoms with Crippen molar-refractivity contribution in [2.75, 3.05) is 13.1 Å². The molecule has 0 saturated carbocycles. The number of carbonyl (C=O) groups excluding carboxylic acids is 1. The number of aromatic nitrogens is 3. The Morgan fingerprint density at radius 1 is 1.27 bits per heavy atom. The smallest absolute Gasteiger partial charge is 0.233 e. The van der Waals surface area contributed by atoms with Crippen LogP contribution in [0.5, 0.6) is 0 Å². The van der Waals surface area contributed by atoms with Crippen LogP contribution in [-0.2, 0) is 11.2 Å². The fourth-order valence-corrected chi connectivity index (χ4v) is 3.03. The van der Waals surface area contributed by atoms with Crippen molar-refractivity contribution in [1.82, 2.24) is 20.0 Å². The molecule has 6 nitrogen and oxygen atoms in total. The van der Waals surface area contributed by atoms with Gasteiger partial charge in [-0.2, -0.15) is 4.98 Å². The lowest BCUT2D eigenvalue weighted by Crippen LogP contribution is -2.49. The van der Waals surface area contributed by atoms with Crippen molar-refractivity contribution in [1.29, 1.82) is 0 Å². The molecule has 0 N–H and O–H groups in total. The average Bonchev–Trinajstić information content (AvgIpc) is 3.07. The van der Waals surface area contributed by atoms with E-state index in [0.29, 0.717) is 30.5 Å². The summed E-state index contributed by atoms with van der Waals surface area (Å²) in [5.41, 5.74) is 0.849. The van der Waals surface area contributed by atoms with Crippen molar-refractivity contribution in [3.8, 4) is 11.5 Å². The zero-order valence-electron chi connectivity index (χ0n) is 13.6. The number of pyridine rings is 1. The van der Waals surface area contributed by atoms with Crippen molar-refractivity contribution in [3.63, 3.8) is 0 Å². The Labute approximate surface area is 153 Å². The van der Waals surface area contributed by atoms with E-state index in [9.17, 15) is 9.18 Å². The van der Waals surface area contributed by atoms with E-state index in [0.717, 1.165) is 0 Å². The lowest BCUT2D eigenvalue weighted by molar-refractivity contribution is -0.135. The molecule has 0 unspecified atom stereocenters. The lowest BCUT2D eigenvalue weighted by atomic mass is 9.98. The predicted octanol–water partition coefficient (Wildman–Crippen LogP) is 3.09. The second kappa shape index (κ2) is 6.84. The molecular formula is C18H14ClFN4O2. The van der Waals surface area contributed by atoms with E-state index in [1.807, 2.05) is 12.1 Å². The maximum Gasteiger partial charge on any atom is 0.233 e. The molecule has 3 heterocycles. The molecule has 1 aliphatic heterocycles. The Kier molecular flexibility index (Phi) is 4.38. The van der Waals surface area contributed by atoms with Gasteiger partial charge in [-0.3, -0.25) is 9.78 Å². The van der Waals surface area contributed by atoms with Gasteiger partial charge in [0.25, 0.3) is 0 Å². The maximum absolute atomic E-state index is 13.8. The summed E-state index contributed by atoms with van der Waals surface area (Å²) in [5, 5.41) is 4.19. The standard InChI is InChI=1S/C18H14ClFN4O2/c19-13-4-3-5-14(20)12(13)8-16(25)24-9-11(10-24)18-22-17(23-26-18)15-6-1-2-7-21-15/h1-7,11H,8-10H2. The van der Waals surface area contributed by atoms with Crippen LogP contribution in [-0.4, -0.2) is 39.0 Å². The molecule has 1 aromatic carbocycles. The van der Waals surface area contributed by atoms with Gasteiger partial charge in [-0.15, -0.1) is 0 Å². The van der Waals surface area contributed by atoms with Crippen molar-refractivity contribution < 1.29 is 13.7 Å². The highest BCUT2D eigenvalue weighted by atomic mass is 35.5. The number of hydrogen-bond acceptors (Lipinski definition) is 5. The number of amides is 1. The average molecular weight is 373 g/mol. The van der Waals surface area contributed by atoms with Gasteiger partial charge in [-0.25, -0.2) is 4.39 Å². The molecule has 1 saturated heterocycles. The fourth-order valence-electron chi connectivity index (χ4n) is 2.80. The van der Waals surface area contributed by atoms with Crippen LogP contribution in [0.15, 0.2) is 47.1 Å². The van der Waals surface area contributed by atoms with E-state index in [2.05, 4.69) is 15.1 Å². The van der Waals surface area contributed by atoms with E-state index in [-0.39, 0.29) is 28.8 Å². The zero-order chi connectivity index (χ0) is 18.1. The first-order valence-electron chi connectivity index (χ1n) is 8.07. The Morgan fingerprint density at radius 3 is 2.85 bits per heavy atom. The summed E-state index contributed by atoms with van der Waals surface area (Å²) in [6.45, 7) is 0.906. The highest BCUT2D eigenvalue weighted by molar-refractivity contribution is 6.31. The number of rotatable bonds is 4. The van der Waals surface area contributed by atoms with Crippen LogP contribution in [0.4, 0.5) is 4.39 Å². The maximum atomic E-state index is 13.8. The normalized spacial score (nSPS) is 14.3. The molecule has 8 heteroatoms. The molecule has 1 amide bonds. The van der Waals surface area contributed by atoms with Crippen molar-refractivity contribution in [2.45, 2.75) is 12.3 Å². The number of likely N-dealkylation sites (tertiary alicyclic amines) is 1. The molecule has 0 bridgehead atoms. The van der Waals surface area contributed by atoms with Gasteiger partial charge in [0.2, 0.25) is 17.6 Å². The van der Waals surface area contributed by atoms with Gasteiger partial charge in [0.15, 0.2) is 0 Å². The minimum absolute atomic E-state index is 0.0278. The molecule has 0 radical (unpaired) electrons. The van der Waals surface area contributed by atoms with Crippen LogP contribution in [0.1, 0.15) is 17.4 Å². The van der Waals surface area contributed by atoms with Crippen LogP contribution < -0.4 is 0 Å². The Hall–Kier alpha value is -2.80. The minimum Gasteiger partial charge on any atom is -0.341 e. The largest absolute Gasteiger partial charge is 0.341 e. The monoisotopic (exact) mass is 372 g/mol. The molecule has 1 fully saturated rings. The number of hydrogen-bond donors (Lipinski definition) is 0. The van der Waals surface area contributed by atoms with E-state index in [1.54, 1.807) is 23.2 Å². The van der Waals surface area contributed by atoms with E-state index < -0.39 is 5.82 Å². The molecule has 3 aromatic rings. The quantitative estimate of drug-likeness (QED) is 0.703. The summed E-state index contributed by atoms with van der Waals surface area (Å²) in [6.07, 6.45) is 1.59. The van der Waals surface area contributed by atoms with Gasteiger partial charge in [0.05, 0.1) is 12.3 Å². The van der Waals surface area contributed by atoms with Gasteiger partial charge >= 0.3 is 0 Å². The summed E-state index contributed by atoms with van der Waals surface area (Å²) < 4.78 is 19.1. The van der Waals surface area contributed by atoms with E-state index >= 15 is 0 Å². The van der Waals surface area contributed by atoms with Crippen molar-refractivity contribution in [2.24, 2.45) is 0 Å². The minimum atomic E-state index is -0.472. The van der Waals surface area contributed by atoms with Crippen molar-refractivity contribution >= 4 is 17.5 Å². The van der Waals surface area contributed by atoms with Crippen LogP contribution in [0.25, 0.3) is 11.5 Å². The SMILES string of the molecule is O=C(Cc1c(F)cccc1Cl)N1CC(c2nc(-c3ccccn3)no2)C1. The molecule has 2 aromatic heterocycles. The lowest BCUT2D eigenvalue weighted by Gasteiger charge is -2.37. The summed E-state index contributed by atoms with van der Waals surface area (Å²) in [6, 6.07) is 9.83. The number of nitrogens with zero attached hydrogens (tertiary/aromatic N) is 4. The molecule has 132 valence electrons. The number of benzene rings is 1. The van der Waals surface area contributed by atoms with Crippen molar-refractivity contribution in [3.05, 3.63) is 64.9 Å². The Morgan fingerprint density at radius 2 is 2.12 bits per heavy atom. The number of carbonyl (C=O) groups is 1. The predicted molar refractivity (Wildman–Crippen MR) is 92.0 cm³/mol. The van der Waals surface area contributed by atoms with Crippen LogP contribution in [0.3, 0.4) is 0 Å². The van der Waals surface area contributed by atoms with Gasteiger partial charge in [-0.1, -0.05) is 28.9 Å². The first-order chi connectivity index (χ1) is 12.6. The third-order valence-electron chi connectivity index (χ3n) is 4.31. The molecule has 4 rings (SSSR count). The summed E-state index contributed by atoms with van der Waals surface area (Å²) >= 11 is 5.98. The Balaban J connectivity index is 1.38. The molecular weight excluding hydrogens is 359 g/mol. The van der Waals surface area contributed by atoms with Gasteiger partial charge in [-0.05, 0) is 24.3 Å². The van der Waals surface area contributed by atoms with Crippen LogP contribution >= 0.6 is 11.6 Å². The fraction of sp³-hybridized carbons (Fsp3) is 0.222. The van der Waals surface area contributed by atoms with Gasteiger partial charge in [0.1, 0.15) is 11.5 Å². The van der Waals surface area contributed by atoms with Gasteiger partial charge < -0.3 is 9.42 Å². The first kappa shape index (κ1) is 16.7. The third-order valence-corrected chi connectivity index (χ3v) is 4.66. The second-order valence-electron chi connectivity index (χ2n) is 6.04. The molecule has 26 heavy (non-hydrogen) atoms. The summed E-state index contributed by atoms with van der Waals surface area (Å²) in [5.74, 6) is 0.208. The van der Waals surface area contributed by atoms with Crippen LogP contribution in [0.2, 0.25) is 5.02 Å². The summed E-state index contributed by atoms with van der Waals surface area (Å²) in [7, 11) is 0. The zero-order valence-corrected chi connectivity index (χ0v) is 14.4. The van der Waals surface area contributed by atoms with Gasteiger partial charge in [0, 0.05) is 29.9 Å². The highest BCUT2D eigenvalue weighted by Gasteiger charge is 2.36. The molecule has 0 aliphatic carbocycles. The van der Waals surface area contributed by atoms with E-state index in [1.165, 1.54) is 12.1 Å². The topological polar surface area (TPSA) is 72.1 Å². The highest BCUT2D eigenvalue weighted by Crippen LogP contribution is 2.28. The number of halogens is 2.